The molecule has 2 N–H and O–H groups in total. The molecule has 2 nitrogen and oxygen atoms in total. The van der Waals surface area contributed by atoms with Gasteiger partial charge < -0.3 is 10.4 Å². The fourth-order valence-corrected chi connectivity index (χ4v) is 1.08. The Bertz CT molecular complexity index is 115. The molecule has 2 heteroatoms. The first kappa shape index (κ1) is 12.9. The molecule has 0 bridgehead atoms. The molecule has 0 aromatic heterocycles. The summed E-state index contributed by atoms with van der Waals surface area (Å²) in [7, 11) is 0. The van der Waals surface area contributed by atoms with E-state index >= 15 is 0 Å². The minimum atomic E-state index is -0.149. The topological polar surface area (TPSA) is 32.3 Å². The van der Waals surface area contributed by atoms with Gasteiger partial charge in [0.1, 0.15) is 0 Å². The highest BCUT2D eigenvalue weighted by molar-refractivity contribution is 4.62. The third-order valence-corrected chi connectivity index (χ3v) is 2.58. The average Bonchev–Trinajstić information content (AvgIpc) is 2.11. The van der Waals surface area contributed by atoms with Crippen molar-refractivity contribution in [1.29, 1.82) is 0 Å². The predicted octanol–water partition coefficient (Wildman–Crippen LogP) is 2.03. The van der Waals surface area contributed by atoms with Crippen molar-refractivity contribution in [1.82, 2.24) is 5.32 Å². The van der Waals surface area contributed by atoms with E-state index in [1.54, 1.807) is 0 Å². The van der Waals surface area contributed by atoms with Crippen LogP contribution < -0.4 is 5.32 Å². The second kappa shape index (κ2) is 7.34. The van der Waals surface area contributed by atoms with E-state index in [0.717, 1.165) is 25.4 Å². The maximum atomic E-state index is 9.51. The Balaban J connectivity index is 3.25. The fourth-order valence-electron chi connectivity index (χ4n) is 1.08. The van der Waals surface area contributed by atoms with Crippen molar-refractivity contribution < 1.29 is 5.11 Å². The lowest BCUT2D eigenvalue weighted by Gasteiger charge is -2.15. The van der Waals surface area contributed by atoms with Crippen LogP contribution >= 0.6 is 0 Å². The van der Waals surface area contributed by atoms with Gasteiger partial charge in [-0.25, -0.2) is 0 Å². The van der Waals surface area contributed by atoms with Gasteiger partial charge in [0.25, 0.3) is 0 Å². The molecule has 0 fully saturated rings. The summed E-state index contributed by atoms with van der Waals surface area (Å²) in [5.41, 5.74) is 0. The van der Waals surface area contributed by atoms with Crippen LogP contribution in [0.1, 0.15) is 40.5 Å². The highest BCUT2D eigenvalue weighted by Gasteiger charge is 2.07. The summed E-state index contributed by atoms with van der Waals surface area (Å²) in [5.74, 6) is 1.13. The van der Waals surface area contributed by atoms with Crippen LogP contribution in [0, 0.1) is 11.8 Å². The summed E-state index contributed by atoms with van der Waals surface area (Å²) in [6.07, 6.45) is 1.94. The van der Waals surface area contributed by atoms with E-state index in [1.165, 1.54) is 6.42 Å². The molecular formula is C11H25NO. The monoisotopic (exact) mass is 187 g/mol. The minimum absolute atomic E-state index is 0.149. The highest BCUT2D eigenvalue weighted by Crippen LogP contribution is 2.04. The predicted molar refractivity (Wildman–Crippen MR) is 57.8 cm³/mol. The molecule has 0 rings (SSSR count). The van der Waals surface area contributed by atoms with Crippen LogP contribution in [-0.4, -0.2) is 24.3 Å². The van der Waals surface area contributed by atoms with Crippen LogP contribution in [-0.2, 0) is 0 Å². The molecule has 2 atom stereocenters. The molecule has 0 radical (unpaired) electrons. The van der Waals surface area contributed by atoms with Crippen LogP contribution in [0.2, 0.25) is 0 Å². The molecule has 0 saturated heterocycles. The van der Waals surface area contributed by atoms with E-state index in [2.05, 4.69) is 33.0 Å². The Kier molecular flexibility index (Phi) is 7.29. The third kappa shape index (κ3) is 7.03. The molecule has 0 aliphatic rings. The van der Waals surface area contributed by atoms with Crippen molar-refractivity contribution in [3.8, 4) is 0 Å². The quantitative estimate of drug-likeness (QED) is 0.598. The number of nitrogens with one attached hydrogen (secondary N) is 1. The molecular weight excluding hydrogens is 162 g/mol. The first-order chi connectivity index (χ1) is 6.07. The van der Waals surface area contributed by atoms with Crippen molar-refractivity contribution in [2.75, 3.05) is 13.1 Å². The largest absolute Gasteiger partial charge is 0.393 e. The lowest BCUT2D eigenvalue weighted by atomic mass is 10.0. The normalized spacial score (nSPS) is 16.2. The number of hydrogen-bond acceptors (Lipinski definition) is 2. The summed E-state index contributed by atoms with van der Waals surface area (Å²) in [4.78, 5) is 0. The maximum Gasteiger partial charge on any atom is 0.0575 e. The van der Waals surface area contributed by atoms with Gasteiger partial charge in [0.2, 0.25) is 0 Å². The van der Waals surface area contributed by atoms with Crippen LogP contribution in [0.4, 0.5) is 0 Å². The van der Waals surface area contributed by atoms with E-state index in [-0.39, 0.29) is 6.10 Å². The van der Waals surface area contributed by atoms with Gasteiger partial charge >= 0.3 is 0 Å². The molecule has 0 spiro atoms. The second-order valence-corrected chi connectivity index (χ2v) is 4.32. The molecule has 0 aliphatic heterocycles. The summed E-state index contributed by atoms with van der Waals surface area (Å²) < 4.78 is 0. The number of aliphatic hydroxyl groups is 1. The number of aliphatic hydroxyl groups excluding tert-OH is 1. The van der Waals surface area contributed by atoms with E-state index in [1.807, 2.05) is 0 Å². The van der Waals surface area contributed by atoms with Gasteiger partial charge in [-0.3, -0.25) is 0 Å². The Morgan fingerprint density at radius 1 is 1.23 bits per heavy atom. The summed E-state index contributed by atoms with van der Waals surface area (Å²) in [6.45, 7) is 10.6. The van der Waals surface area contributed by atoms with E-state index in [9.17, 15) is 5.11 Å². The SMILES string of the molecule is CCC(C)CNCCC(O)C(C)C. The maximum absolute atomic E-state index is 9.51. The Morgan fingerprint density at radius 2 is 1.85 bits per heavy atom. The van der Waals surface area contributed by atoms with Crippen LogP contribution in [0.3, 0.4) is 0 Å². The van der Waals surface area contributed by atoms with E-state index in [4.69, 9.17) is 0 Å². The zero-order chi connectivity index (χ0) is 10.3. The molecule has 0 amide bonds. The molecule has 2 unspecified atom stereocenters. The van der Waals surface area contributed by atoms with Crippen molar-refractivity contribution in [2.45, 2.75) is 46.6 Å². The van der Waals surface area contributed by atoms with Gasteiger partial charge in [0.15, 0.2) is 0 Å². The zero-order valence-electron chi connectivity index (χ0n) is 9.51. The number of hydrogen-bond donors (Lipinski definition) is 2. The molecule has 0 aromatic rings. The van der Waals surface area contributed by atoms with Crippen molar-refractivity contribution in [3.63, 3.8) is 0 Å². The van der Waals surface area contributed by atoms with E-state index < -0.39 is 0 Å². The van der Waals surface area contributed by atoms with Gasteiger partial charge in [0, 0.05) is 0 Å². The summed E-state index contributed by atoms with van der Waals surface area (Å²) >= 11 is 0. The fraction of sp³-hybridized carbons (Fsp3) is 1.00. The molecule has 80 valence electrons. The van der Waals surface area contributed by atoms with Gasteiger partial charge in [-0.15, -0.1) is 0 Å². The smallest absolute Gasteiger partial charge is 0.0575 e. The zero-order valence-corrected chi connectivity index (χ0v) is 9.51. The first-order valence-electron chi connectivity index (χ1n) is 5.46. The van der Waals surface area contributed by atoms with Crippen LogP contribution in [0.5, 0.6) is 0 Å². The summed E-state index contributed by atoms with van der Waals surface area (Å²) in [6, 6.07) is 0. The number of rotatable bonds is 7. The Labute approximate surface area is 82.7 Å². The molecule has 0 saturated carbocycles. The van der Waals surface area contributed by atoms with Crippen molar-refractivity contribution in [2.24, 2.45) is 11.8 Å². The lowest BCUT2D eigenvalue weighted by molar-refractivity contribution is 0.116. The molecule has 0 heterocycles. The Hall–Kier alpha value is -0.0800. The van der Waals surface area contributed by atoms with Gasteiger partial charge in [0.05, 0.1) is 6.10 Å². The standard InChI is InChI=1S/C11H25NO/c1-5-10(4)8-12-7-6-11(13)9(2)3/h9-13H,5-8H2,1-4H3. The average molecular weight is 187 g/mol. The lowest BCUT2D eigenvalue weighted by Crippen LogP contribution is -2.26. The first-order valence-corrected chi connectivity index (χ1v) is 5.46. The van der Waals surface area contributed by atoms with Gasteiger partial charge in [-0.05, 0) is 31.3 Å². The van der Waals surface area contributed by atoms with Gasteiger partial charge in [-0.2, -0.15) is 0 Å². The van der Waals surface area contributed by atoms with Crippen molar-refractivity contribution >= 4 is 0 Å². The van der Waals surface area contributed by atoms with Crippen molar-refractivity contribution in [3.05, 3.63) is 0 Å². The molecule has 0 aromatic carbocycles. The third-order valence-electron chi connectivity index (χ3n) is 2.58. The van der Waals surface area contributed by atoms with Crippen LogP contribution in [0.15, 0.2) is 0 Å². The highest BCUT2D eigenvalue weighted by atomic mass is 16.3. The molecule has 13 heavy (non-hydrogen) atoms. The second-order valence-electron chi connectivity index (χ2n) is 4.32. The van der Waals surface area contributed by atoms with Gasteiger partial charge in [-0.1, -0.05) is 34.1 Å². The molecule has 0 aliphatic carbocycles. The minimum Gasteiger partial charge on any atom is -0.393 e. The van der Waals surface area contributed by atoms with Crippen LogP contribution in [0.25, 0.3) is 0 Å². The Morgan fingerprint density at radius 3 is 2.31 bits per heavy atom. The van der Waals surface area contributed by atoms with E-state index in [0.29, 0.717) is 5.92 Å². The summed E-state index contributed by atoms with van der Waals surface area (Å²) in [5, 5.41) is 12.9.